The average Bonchev–Trinajstić information content (AvgIpc) is 3.23. The van der Waals surface area contributed by atoms with Gasteiger partial charge in [0.25, 0.3) is 0 Å². The van der Waals surface area contributed by atoms with Gasteiger partial charge in [0.2, 0.25) is 0 Å². The molecule has 0 aliphatic rings. The number of aromatic hydroxyl groups is 2. The number of nitrogens with one attached hydrogen (secondary N) is 1. The molecule has 0 radical (unpaired) electrons. The molecular weight excluding hydrogens is 334 g/mol. The van der Waals surface area contributed by atoms with Crippen molar-refractivity contribution in [3.05, 3.63) is 59.6 Å². The first kappa shape index (κ1) is 15.4. The molecule has 2 aromatic carbocycles. The van der Waals surface area contributed by atoms with Crippen LogP contribution in [-0.2, 0) is 0 Å². The van der Waals surface area contributed by atoms with Crippen molar-refractivity contribution in [2.24, 2.45) is 0 Å². The molecule has 0 fully saturated rings. The summed E-state index contributed by atoms with van der Waals surface area (Å²) >= 11 is 1.56. The quantitative estimate of drug-likeness (QED) is 0.505. The van der Waals surface area contributed by atoms with Crippen LogP contribution < -0.4 is 0 Å². The first-order valence-electron chi connectivity index (χ1n) is 7.71. The van der Waals surface area contributed by atoms with E-state index in [-0.39, 0.29) is 11.5 Å². The number of phenols is 2. The number of aryl methyl sites for hydroxylation is 1. The minimum Gasteiger partial charge on any atom is -0.508 e. The fraction of sp³-hybridized carbons (Fsp3) is 0.0526. The Labute approximate surface area is 148 Å². The zero-order valence-corrected chi connectivity index (χ0v) is 14.2. The first-order valence-corrected chi connectivity index (χ1v) is 8.59. The molecule has 2 heterocycles. The summed E-state index contributed by atoms with van der Waals surface area (Å²) in [5.74, 6) is 0.0290. The highest BCUT2D eigenvalue weighted by molar-refractivity contribution is 7.13. The molecule has 4 aromatic rings. The molecule has 2 aromatic heterocycles. The number of nitrogens with zero attached hydrogens (tertiary/aromatic N) is 2. The van der Waals surface area contributed by atoms with Gasteiger partial charge in [0.1, 0.15) is 16.5 Å². The largest absolute Gasteiger partial charge is 0.508 e. The maximum absolute atomic E-state index is 10.3. The van der Waals surface area contributed by atoms with E-state index in [2.05, 4.69) is 10.2 Å². The van der Waals surface area contributed by atoms with E-state index in [1.54, 1.807) is 23.6 Å². The maximum Gasteiger partial charge on any atom is 0.128 e. The van der Waals surface area contributed by atoms with Gasteiger partial charge >= 0.3 is 0 Å². The van der Waals surface area contributed by atoms with Gasteiger partial charge in [-0.2, -0.15) is 5.10 Å². The highest BCUT2D eigenvalue weighted by Gasteiger charge is 2.18. The number of hydrogen-bond donors (Lipinski definition) is 3. The predicted octanol–water partition coefficient (Wildman–Crippen LogP) is 4.59. The predicted molar refractivity (Wildman–Crippen MR) is 98.6 cm³/mol. The SMILES string of the molecule is Cc1cc(O)cc(O)c1-c1[nH]ncc1-c1csc(-c2ccccc2)n1. The van der Waals surface area contributed by atoms with Gasteiger partial charge in [-0.1, -0.05) is 30.3 Å². The lowest BCUT2D eigenvalue weighted by molar-refractivity contribution is 0.451. The zero-order valence-electron chi connectivity index (χ0n) is 13.4. The minimum atomic E-state index is 0.00140. The monoisotopic (exact) mass is 349 g/mol. The summed E-state index contributed by atoms with van der Waals surface area (Å²) in [5.41, 5.74) is 4.70. The van der Waals surface area contributed by atoms with Crippen LogP contribution in [0.2, 0.25) is 0 Å². The van der Waals surface area contributed by atoms with E-state index >= 15 is 0 Å². The summed E-state index contributed by atoms with van der Waals surface area (Å²) in [5, 5.41) is 29.9. The van der Waals surface area contributed by atoms with Crippen LogP contribution in [0.15, 0.2) is 54.0 Å². The summed E-state index contributed by atoms with van der Waals surface area (Å²) in [7, 11) is 0. The molecule has 0 atom stereocenters. The van der Waals surface area contributed by atoms with Gasteiger partial charge in [0, 0.05) is 28.1 Å². The molecule has 0 spiro atoms. The van der Waals surface area contributed by atoms with E-state index < -0.39 is 0 Å². The molecule has 0 saturated carbocycles. The second-order valence-corrected chi connectivity index (χ2v) is 6.58. The van der Waals surface area contributed by atoms with E-state index in [1.807, 2.05) is 42.6 Å². The van der Waals surface area contributed by atoms with Gasteiger partial charge in [-0.15, -0.1) is 11.3 Å². The van der Waals surface area contributed by atoms with Crippen molar-refractivity contribution in [1.29, 1.82) is 0 Å². The number of hydrogen-bond acceptors (Lipinski definition) is 5. The molecule has 3 N–H and O–H groups in total. The minimum absolute atomic E-state index is 0.00140. The Kier molecular flexibility index (Phi) is 3.74. The maximum atomic E-state index is 10.3. The number of phenolic OH excluding ortho intramolecular Hbond substituents is 2. The third kappa shape index (κ3) is 2.77. The molecule has 5 nitrogen and oxygen atoms in total. The Morgan fingerprint density at radius 2 is 1.88 bits per heavy atom. The van der Waals surface area contributed by atoms with Gasteiger partial charge in [-0.05, 0) is 18.6 Å². The lowest BCUT2D eigenvalue weighted by Gasteiger charge is -2.09. The standard InChI is InChI=1S/C19H15N3O2S/c1-11-7-13(23)8-16(24)17(11)18-14(9-20-22-18)15-10-25-19(21-15)12-5-3-2-4-6-12/h2-10,23-24H,1H3,(H,20,22). The average molecular weight is 349 g/mol. The van der Waals surface area contributed by atoms with Crippen LogP contribution in [0.3, 0.4) is 0 Å². The summed E-state index contributed by atoms with van der Waals surface area (Å²) in [6.07, 6.45) is 1.70. The van der Waals surface area contributed by atoms with Crippen molar-refractivity contribution in [3.8, 4) is 44.6 Å². The highest BCUT2D eigenvalue weighted by Crippen LogP contribution is 2.40. The van der Waals surface area contributed by atoms with Crippen molar-refractivity contribution in [2.75, 3.05) is 0 Å². The van der Waals surface area contributed by atoms with Gasteiger partial charge < -0.3 is 10.2 Å². The van der Waals surface area contributed by atoms with Crippen LogP contribution in [0.1, 0.15) is 5.56 Å². The molecule has 0 unspecified atom stereocenters. The van der Waals surface area contributed by atoms with Crippen molar-refractivity contribution in [2.45, 2.75) is 6.92 Å². The fourth-order valence-corrected chi connectivity index (χ4v) is 3.68. The molecule has 25 heavy (non-hydrogen) atoms. The Bertz CT molecular complexity index is 1010. The first-order chi connectivity index (χ1) is 12.1. The van der Waals surface area contributed by atoms with E-state index in [0.717, 1.165) is 27.4 Å². The topological polar surface area (TPSA) is 82.0 Å². The van der Waals surface area contributed by atoms with Crippen molar-refractivity contribution in [3.63, 3.8) is 0 Å². The van der Waals surface area contributed by atoms with E-state index in [1.165, 1.54) is 6.07 Å². The Hall–Kier alpha value is -3.12. The molecular formula is C19H15N3O2S. The van der Waals surface area contributed by atoms with Crippen LogP contribution in [0.25, 0.3) is 33.1 Å². The number of H-pyrrole nitrogens is 1. The van der Waals surface area contributed by atoms with Crippen LogP contribution >= 0.6 is 11.3 Å². The van der Waals surface area contributed by atoms with Crippen LogP contribution in [0, 0.1) is 6.92 Å². The third-order valence-electron chi connectivity index (χ3n) is 3.99. The van der Waals surface area contributed by atoms with Gasteiger partial charge in [-0.25, -0.2) is 4.98 Å². The normalized spacial score (nSPS) is 10.9. The second kappa shape index (κ2) is 6.07. The summed E-state index contributed by atoms with van der Waals surface area (Å²) in [4.78, 5) is 4.71. The number of rotatable bonds is 3. The lowest BCUT2D eigenvalue weighted by atomic mass is 10.00. The number of thiazole rings is 1. The van der Waals surface area contributed by atoms with Crippen LogP contribution in [-0.4, -0.2) is 25.4 Å². The van der Waals surface area contributed by atoms with E-state index in [4.69, 9.17) is 4.98 Å². The van der Waals surface area contributed by atoms with Crippen LogP contribution in [0.5, 0.6) is 11.5 Å². The summed E-state index contributed by atoms with van der Waals surface area (Å²) in [6.45, 7) is 1.83. The van der Waals surface area contributed by atoms with Crippen molar-refractivity contribution in [1.82, 2.24) is 15.2 Å². The van der Waals surface area contributed by atoms with Crippen molar-refractivity contribution < 1.29 is 10.2 Å². The van der Waals surface area contributed by atoms with E-state index in [0.29, 0.717) is 11.3 Å². The van der Waals surface area contributed by atoms with Crippen molar-refractivity contribution >= 4 is 11.3 Å². The van der Waals surface area contributed by atoms with Gasteiger partial charge in [0.05, 0.1) is 17.6 Å². The molecule has 124 valence electrons. The Morgan fingerprint density at radius 3 is 2.64 bits per heavy atom. The Balaban J connectivity index is 1.80. The molecule has 0 saturated heterocycles. The van der Waals surface area contributed by atoms with Crippen LogP contribution in [0.4, 0.5) is 0 Å². The summed E-state index contributed by atoms with van der Waals surface area (Å²) in [6, 6.07) is 12.9. The second-order valence-electron chi connectivity index (χ2n) is 5.72. The molecule has 6 heteroatoms. The third-order valence-corrected chi connectivity index (χ3v) is 4.88. The number of aromatic nitrogens is 3. The number of aromatic amines is 1. The fourth-order valence-electron chi connectivity index (χ4n) is 2.86. The molecule has 0 aliphatic carbocycles. The Morgan fingerprint density at radius 1 is 1.08 bits per heavy atom. The van der Waals surface area contributed by atoms with Gasteiger partial charge in [0.15, 0.2) is 0 Å². The molecule has 0 aliphatic heterocycles. The van der Waals surface area contributed by atoms with E-state index in [9.17, 15) is 10.2 Å². The summed E-state index contributed by atoms with van der Waals surface area (Å²) < 4.78 is 0. The molecule has 0 amide bonds. The smallest absolute Gasteiger partial charge is 0.128 e. The van der Waals surface area contributed by atoms with Gasteiger partial charge in [-0.3, -0.25) is 5.10 Å². The molecule has 4 rings (SSSR count). The lowest BCUT2D eigenvalue weighted by Crippen LogP contribution is -1.88. The molecule has 0 bridgehead atoms. The highest BCUT2D eigenvalue weighted by atomic mass is 32.1. The zero-order chi connectivity index (χ0) is 17.4. The number of benzene rings is 2.